The Kier molecular flexibility index (Phi) is 7.55. The van der Waals surface area contributed by atoms with Crippen LogP contribution in [-0.2, 0) is 11.3 Å². The van der Waals surface area contributed by atoms with Gasteiger partial charge in [0.25, 0.3) is 0 Å². The lowest BCUT2D eigenvalue weighted by Crippen LogP contribution is -2.39. The van der Waals surface area contributed by atoms with Crippen molar-refractivity contribution in [2.24, 2.45) is 0 Å². The van der Waals surface area contributed by atoms with E-state index in [1.807, 2.05) is 13.0 Å². The lowest BCUT2D eigenvalue weighted by molar-refractivity contribution is 0.0329. The number of carbonyl (C=O) groups excluding carboxylic acids is 1. The molecule has 0 saturated carbocycles. The van der Waals surface area contributed by atoms with Gasteiger partial charge in [0.05, 0.1) is 40.1 Å². The lowest BCUT2D eigenvalue weighted by Gasteiger charge is -2.31. The van der Waals surface area contributed by atoms with Crippen LogP contribution in [0.15, 0.2) is 24.0 Å². The third-order valence-corrected chi connectivity index (χ3v) is 7.04. The highest BCUT2D eigenvalue weighted by molar-refractivity contribution is 6.15. The average Bonchev–Trinajstić information content (AvgIpc) is 3.23. The summed E-state index contributed by atoms with van der Waals surface area (Å²) in [4.78, 5) is 18.1. The molecule has 0 aliphatic carbocycles. The molecule has 1 fully saturated rings. The van der Waals surface area contributed by atoms with Gasteiger partial charge in [-0.3, -0.25) is 14.6 Å². The number of carbonyl (C=O) groups is 1. The van der Waals surface area contributed by atoms with Crippen LogP contribution in [0.2, 0.25) is 0 Å². The largest absolute Gasteiger partial charge is 0.493 e. The van der Waals surface area contributed by atoms with Crippen molar-refractivity contribution in [2.75, 3.05) is 67.5 Å². The van der Waals surface area contributed by atoms with E-state index in [0.717, 1.165) is 69.2 Å². The highest BCUT2D eigenvalue weighted by Crippen LogP contribution is 2.44. The summed E-state index contributed by atoms with van der Waals surface area (Å²) in [6.07, 6.45) is 2.76. The molecule has 2 aromatic rings. The van der Waals surface area contributed by atoms with Crippen molar-refractivity contribution >= 4 is 11.9 Å². The number of ether oxygens (including phenoxy) is 6. The van der Waals surface area contributed by atoms with Gasteiger partial charge in [-0.15, -0.1) is 0 Å². The van der Waals surface area contributed by atoms with Crippen LogP contribution in [0.25, 0.3) is 6.08 Å². The Morgan fingerprint density at radius 1 is 0.946 bits per heavy atom. The van der Waals surface area contributed by atoms with Crippen molar-refractivity contribution in [3.63, 3.8) is 0 Å². The Labute approximate surface area is 217 Å². The van der Waals surface area contributed by atoms with Gasteiger partial charge < -0.3 is 28.4 Å². The van der Waals surface area contributed by atoms with E-state index in [4.69, 9.17) is 28.4 Å². The number of benzene rings is 2. The molecular formula is C28H34N2O7. The fourth-order valence-electron chi connectivity index (χ4n) is 5.12. The SMILES string of the molecule is COc1cc(/C=C2\Oc3c(cc4c(c3C)OCN(CCCN3CCOCC3)C4)C2=O)cc(OC)c1OC. The molecule has 0 bridgehead atoms. The summed E-state index contributed by atoms with van der Waals surface area (Å²) in [5.74, 6) is 2.96. The molecule has 0 radical (unpaired) electrons. The zero-order valence-corrected chi connectivity index (χ0v) is 21.9. The third-order valence-electron chi connectivity index (χ3n) is 7.04. The molecule has 0 unspecified atom stereocenters. The van der Waals surface area contributed by atoms with Crippen molar-refractivity contribution in [1.29, 1.82) is 0 Å². The van der Waals surface area contributed by atoms with Crippen LogP contribution >= 0.6 is 0 Å². The van der Waals surface area contributed by atoms with Gasteiger partial charge in [0.2, 0.25) is 11.5 Å². The maximum atomic E-state index is 13.3. The van der Waals surface area contributed by atoms with Crippen LogP contribution < -0.4 is 23.7 Å². The molecule has 0 amide bonds. The summed E-state index contributed by atoms with van der Waals surface area (Å²) in [5.41, 5.74) is 3.13. The number of allylic oxidation sites excluding steroid dienone is 1. The second-order valence-corrected chi connectivity index (χ2v) is 9.40. The quantitative estimate of drug-likeness (QED) is 0.496. The standard InChI is InChI=1S/C28H34N2O7/c1-18-26-20(16-30(17-36-26)7-5-6-29-8-10-35-11-9-29)15-21-25(31)22(37-27(18)21)12-19-13-23(32-2)28(34-4)24(14-19)33-3/h12-15H,5-11,16-17H2,1-4H3/b22-12-. The number of fused-ring (bicyclic) bond motifs is 2. The molecule has 2 aromatic carbocycles. The van der Waals surface area contributed by atoms with Crippen molar-refractivity contribution in [3.05, 3.63) is 46.2 Å². The number of methoxy groups -OCH3 is 3. The Balaban J connectivity index is 1.32. The Bertz CT molecular complexity index is 1180. The van der Waals surface area contributed by atoms with Crippen LogP contribution in [0.5, 0.6) is 28.7 Å². The molecule has 0 N–H and O–H groups in total. The number of hydrogen-bond donors (Lipinski definition) is 0. The van der Waals surface area contributed by atoms with Crippen LogP contribution in [0.4, 0.5) is 0 Å². The van der Waals surface area contributed by atoms with Gasteiger partial charge in [0, 0.05) is 37.3 Å². The summed E-state index contributed by atoms with van der Waals surface area (Å²) in [6.45, 7) is 8.83. The molecule has 3 aliphatic rings. The van der Waals surface area contributed by atoms with Crippen molar-refractivity contribution in [1.82, 2.24) is 9.80 Å². The highest BCUT2D eigenvalue weighted by Gasteiger charge is 2.33. The minimum atomic E-state index is -0.154. The van der Waals surface area contributed by atoms with E-state index in [2.05, 4.69) is 9.80 Å². The fourth-order valence-corrected chi connectivity index (χ4v) is 5.12. The van der Waals surface area contributed by atoms with E-state index in [9.17, 15) is 4.79 Å². The van der Waals surface area contributed by atoms with Crippen molar-refractivity contribution in [3.8, 4) is 28.7 Å². The molecule has 198 valence electrons. The van der Waals surface area contributed by atoms with Crippen LogP contribution in [0.3, 0.4) is 0 Å². The van der Waals surface area contributed by atoms with E-state index in [0.29, 0.717) is 40.9 Å². The van der Waals surface area contributed by atoms with Gasteiger partial charge in [-0.25, -0.2) is 0 Å². The summed E-state index contributed by atoms with van der Waals surface area (Å²) in [6, 6.07) is 5.48. The Morgan fingerprint density at radius 3 is 2.32 bits per heavy atom. The first kappa shape index (κ1) is 25.4. The van der Waals surface area contributed by atoms with Gasteiger partial charge in [-0.2, -0.15) is 0 Å². The normalized spacial score (nSPS) is 18.7. The number of hydrogen-bond acceptors (Lipinski definition) is 9. The van der Waals surface area contributed by atoms with Gasteiger partial charge in [0.15, 0.2) is 17.3 Å². The minimum Gasteiger partial charge on any atom is -0.493 e. The highest BCUT2D eigenvalue weighted by atomic mass is 16.5. The van der Waals surface area contributed by atoms with E-state index in [1.54, 1.807) is 39.5 Å². The molecule has 37 heavy (non-hydrogen) atoms. The van der Waals surface area contributed by atoms with E-state index < -0.39 is 0 Å². The molecular weight excluding hydrogens is 476 g/mol. The summed E-state index contributed by atoms with van der Waals surface area (Å²) >= 11 is 0. The molecule has 1 saturated heterocycles. The number of morpholine rings is 1. The van der Waals surface area contributed by atoms with E-state index in [-0.39, 0.29) is 11.5 Å². The number of Topliss-reactive ketones (excluding diaryl/α,β-unsaturated/α-hetero) is 1. The molecule has 9 nitrogen and oxygen atoms in total. The molecule has 0 aromatic heterocycles. The van der Waals surface area contributed by atoms with Gasteiger partial charge >= 0.3 is 0 Å². The molecule has 0 spiro atoms. The topological polar surface area (TPSA) is 78.9 Å². The van der Waals surface area contributed by atoms with Crippen LogP contribution in [0, 0.1) is 6.92 Å². The van der Waals surface area contributed by atoms with Crippen LogP contribution in [0.1, 0.15) is 33.5 Å². The number of rotatable bonds is 8. The maximum Gasteiger partial charge on any atom is 0.231 e. The lowest BCUT2D eigenvalue weighted by atomic mass is 10.00. The minimum absolute atomic E-state index is 0.154. The molecule has 5 rings (SSSR count). The average molecular weight is 511 g/mol. The smallest absolute Gasteiger partial charge is 0.231 e. The predicted molar refractivity (Wildman–Crippen MR) is 138 cm³/mol. The maximum absolute atomic E-state index is 13.3. The van der Waals surface area contributed by atoms with Gasteiger partial charge in [0.1, 0.15) is 18.2 Å². The zero-order valence-electron chi connectivity index (χ0n) is 21.9. The summed E-state index contributed by atoms with van der Waals surface area (Å²) in [5, 5.41) is 0. The van der Waals surface area contributed by atoms with E-state index >= 15 is 0 Å². The predicted octanol–water partition coefficient (Wildman–Crippen LogP) is 3.51. The second kappa shape index (κ2) is 11.0. The first-order valence-electron chi connectivity index (χ1n) is 12.6. The Hall–Kier alpha value is -3.27. The zero-order chi connectivity index (χ0) is 25.9. The first-order valence-corrected chi connectivity index (χ1v) is 12.6. The molecule has 0 atom stereocenters. The Morgan fingerprint density at radius 2 is 1.65 bits per heavy atom. The second-order valence-electron chi connectivity index (χ2n) is 9.40. The molecule has 3 aliphatic heterocycles. The fraction of sp³-hybridized carbons (Fsp3) is 0.464. The van der Waals surface area contributed by atoms with Crippen molar-refractivity contribution in [2.45, 2.75) is 19.9 Å². The first-order chi connectivity index (χ1) is 18.0. The van der Waals surface area contributed by atoms with Crippen molar-refractivity contribution < 1.29 is 33.2 Å². The van der Waals surface area contributed by atoms with Gasteiger partial charge in [-0.05, 0) is 49.7 Å². The number of nitrogens with zero attached hydrogens (tertiary/aromatic N) is 2. The monoisotopic (exact) mass is 510 g/mol. The van der Waals surface area contributed by atoms with E-state index in [1.165, 1.54) is 0 Å². The van der Waals surface area contributed by atoms with Crippen LogP contribution in [-0.4, -0.2) is 83.0 Å². The number of ketones is 1. The molecule has 9 heteroatoms. The molecule has 3 heterocycles. The summed E-state index contributed by atoms with van der Waals surface area (Å²) in [7, 11) is 4.67. The third kappa shape index (κ3) is 5.12. The summed E-state index contributed by atoms with van der Waals surface area (Å²) < 4.78 is 33.9. The van der Waals surface area contributed by atoms with Gasteiger partial charge in [-0.1, -0.05) is 0 Å².